The fraction of sp³-hybridized carbons (Fsp3) is 0.0323. The molecule has 0 spiro atoms. The van der Waals surface area contributed by atoms with Crippen LogP contribution >= 0.6 is 0 Å². The molecule has 0 saturated carbocycles. The van der Waals surface area contributed by atoms with Gasteiger partial charge in [0.2, 0.25) is 0 Å². The van der Waals surface area contributed by atoms with Crippen molar-refractivity contribution >= 4 is 17.1 Å². The van der Waals surface area contributed by atoms with E-state index < -0.39 is 0 Å². The van der Waals surface area contributed by atoms with E-state index in [4.69, 9.17) is 0 Å². The molecular formula is C31H23N. The van der Waals surface area contributed by atoms with Gasteiger partial charge in [-0.2, -0.15) is 0 Å². The molecule has 1 nitrogen and oxygen atoms in total. The maximum atomic E-state index is 2.36. The van der Waals surface area contributed by atoms with Crippen LogP contribution in [0.5, 0.6) is 0 Å². The van der Waals surface area contributed by atoms with Gasteiger partial charge in [-0.05, 0) is 76.2 Å². The minimum absolute atomic E-state index is 1.02. The lowest BCUT2D eigenvalue weighted by atomic mass is 9.99. The van der Waals surface area contributed by atoms with Crippen LogP contribution < -0.4 is 4.90 Å². The number of benzene rings is 5. The molecule has 5 aromatic rings. The molecule has 0 radical (unpaired) electrons. The van der Waals surface area contributed by atoms with E-state index in [0.717, 1.165) is 23.5 Å². The molecule has 1 aliphatic carbocycles. The van der Waals surface area contributed by atoms with Crippen LogP contribution in [-0.2, 0) is 6.42 Å². The number of anilines is 3. The molecule has 0 N–H and O–H groups in total. The highest BCUT2D eigenvalue weighted by atomic mass is 15.1. The Balaban J connectivity index is 1.35. The van der Waals surface area contributed by atoms with Gasteiger partial charge in [0.05, 0.1) is 0 Å². The zero-order valence-corrected chi connectivity index (χ0v) is 17.8. The second-order valence-corrected chi connectivity index (χ2v) is 8.26. The van der Waals surface area contributed by atoms with E-state index in [-0.39, 0.29) is 0 Å². The van der Waals surface area contributed by atoms with E-state index in [1.807, 2.05) is 0 Å². The summed E-state index contributed by atoms with van der Waals surface area (Å²) in [7, 11) is 0. The first-order chi connectivity index (χ1) is 15.9. The Morgan fingerprint density at radius 1 is 0.406 bits per heavy atom. The summed E-state index contributed by atoms with van der Waals surface area (Å²) in [5.74, 6) is 0. The summed E-state index contributed by atoms with van der Waals surface area (Å²) in [6, 6.07) is 45.6. The average molecular weight is 410 g/mol. The zero-order valence-electron chi connectivity index (χ0n) is 17.8. The third-order valence-corrected chi connectivity index (χ3v) is 6.28. The van der Waals surface area contributed by atoms with Crippen LogP contribution in [0.15, 0.2) is 127 Å². The van der Waals surface area contributed by atoms with Crippen molar-refractivity contribution in [2.75, 3.05) is 4.90 Å². The summed E-state index contributed by atoms with van der Waals surface area (Å²) < 4.78 is 0. The predicted octanol–water partition coefficient (Wildman–Crippen LogP) is 8.39. The summed E-state index contributed by atoms with van der Waals surface area (Å²) in [4.78, 5) is 2.29. The predicted molar refractivity (Wildman–Crippen MR) is 135 cm³/mol. The SMILES string of the molecule is c1ccc(N(c2ccccc2)c2ccc(-c3ccc4c(c3)Cc3ccccc3-4)cc2)cc1. The summed E-state index contributed by atoms with van der Waals surface area (Å²) in [5.41, 5.74) is 11.6. The van der Waals surface area contributed by atoms with Gasteiger partial charge in [0.15, 0.2) is 0 Å². The van der Waals surface area contributed by atoms with Crippen LogP contribution in [0.25, 0.3) is 22.3 Å². The number of para-hydroxylation sites is 2. The van der Waals surface area contributed by atoms with Gasteiger partial charge in [0.25, 0.3) is 0 Å². The monoisotopic (exact) mass is 409 g/mol. The Morgan fingerprint density at radius 2 is 0.938 bits per heavy atom. The van der Waals surface area contributed by atoms with Crippen LogP contribution in [0.4, 0.5) is 17.1 Å². The quantitative estimate of drug-likeness (QED) is 0.282. The number of nitrogens with zero attached hydrogens (tertiary/aromatic N) is 1. The molecule has 32 heavy (non-hydrogen) atoms. The summed E-state index contributed by atoms with van der Waals surface area (Å²) in [6.07, 6.45) is 1.02. The van der Waals surface area contributed by atoms with Crippen molar-refractivity contribution in [2.45, 2.75) is 6.42 Å². The average Bonchev–Trinajstić information content (AvgIpc) is 3.24. The molecule has 5 aromatic carbocycles. The van der Waals surface area contributed by atoms with Crippen LogP contribution in [0.2, 0.25) is 0 Å². The Labute approximate surface area is 189 Å². The molecule has 0 heterocycles. The first kappa shape index (κ1) is 18.7. The van der Waals surface area contributed by atoms with Crippen molar-refractivity contribution in [3.63, 3.8) is 0 Å². The standard InChI is InChI=1S/C31H23N/c1-3-10-27(11-4-1)32(28-12-5-2-6-13-28)29-18-15-23(16-19-29)24-17-20-31-26(21-24)22-25-9-7-8-14-30(25)31/h1-21H,22H2. The number of fused-ring (bicyclic) bond motifs is 3. The third-order valence-electron chi connectivity index (χ3n) is 6.28. The second kappa shape index (κ2) is 7.86. The molecule has 0 fully saturated rings. The van der Waals surface area contributed by atoms with E-state index >= 15 is 0 Å². The Kier molecular flexibility index (Phi) is 4.58. The fourth-order valence-corrected chi connectivity index (χ4v) is 4.73. The third kappa shape index (κ3) is 3.29. The molecule has 0 bridgehead atoms. The zero-order chi connectivity index (χ0) is 21.3. The molecule has 152 valence electrons. The Bertz CT molecular complexity index is 1330. The van der Waals surface area contributed by atoms with Crippen LogP contribution in [-0.4, -0.2) is 0 Å². The van der Waals surface area contributed by atoms with Gasteiger partial charge in [-0.15, -0.1) is 0 Å². The largest absolute Gasteiger partial charge is 0.311 e. The molecule has 6 rings (SSSR count). The smallest absolute Gasteiger partial charge is 0.0462 e. The van der Waals surface area contributed by atoms with Gasteiger partial charge in [0.1, 0.15) is 0 Å². The minimum Gasteiger partial charge on any atom is -0.311 e. The summed E-state index contributed by atoms with van der Waals surface area (Å²) in [5, 5.41) is 0. The van der Waals surface area contributed by atoms with Gasteiger partial charge in [-0.25, -0.2) is 0 Å². The second-order valence-electron chi connectivity index (χ2n) is 8.26. The fourth-order valence-electron chi connectivity index (χ4n) is 4.73. The molecule has 0 amide bonds. The first-order valence-electron chi connectivity index (χ1n) is 11.1. The Morgan fingerprint density at radius 3 is 1.62 bits per heavy atom. The normalized spacial score (nSPS) is 11.6. The lowest BCUT2D eigenvalue weighted by Crippen LogP contribution is -2.09. The minimum atomic E-state index is 1.02. The van der Waals surface area contributed by atoms with E-state index in [0.29, 0.717) is 0 Å². The highest BCUT2D eigenvalue weighted by Gasteiger charge is 2.18. The highest BCUT2D eigenvalue weighted by molar-refractivity contribution is 5.82. The van der Waals surface area contributed by atoms with E-state index in [9.17, 15) is 0 Å². The molecular weight excluding hydrogens is 386 g/mol. The topological polar surface area (TPSA) is 3.24 Å². The molecule has 0 aromatic heterocycles. The van der Waals surface area contributed by atoms with Gasteiger partial charge < -0.3 is 4.90 Å². The first-order valence-corrected chi connectivity index (χ1v) is 11.1. The van der Waals surface area contributed by atoms with Crippen molar-refractivity contribution in [1.82, 2.24) is 0 Å². The van der Waals surface area contributed by atoms with Crippen molar-refractivity contribution in [3.8, 4) is 22.3 Å². The van der Waals surface area contributed by atoms with Gasteiger partial charge in [-0.1, -0.05) is 91.0 Å². The van der Waals surface area contributed by atoms with Gasteiger partial charge >= 0.3 is 0 Å². The van der Waals surface area contributed by atoms with E-state index in [2.05, 4.69) is 132 Å². The molecule has 0 aliphatic heterocycles. The van der Waals surface area contributed by atoms with E-state index in [1.165, 1.54) is 33.4 Å². The van der Waals surface area contributed by atoms with Crippen molar-refractivity contribution in [3.05, 3.63) is 139 Å². The van der Waals surface area contributed by atoms with Gasteiger partial charge in [-0.3, -0.25) is 0 Å². The summed E-state index contributed by atoms with van der Waals surface area (Å²) in [6.45, 7) is 0. The molecule has 0 atom stereocenters. The maximum absolute atomic E-state index is 2.36. The van der Waals surface area contributed by atoms with Crippen LogP contribution in [0, 0.1) is 0 Å². The number of hydrogen-bond acceptors (Lipinski definition) is 1. The molecule has 0 unspecified atom stereocenters. The Hall–Kier alpha value is -4.10. The van der Waals surface area contributed by atoms with Crippen molar-refractivity contribution < 1.29 is 0 Å². The lowest BCUT2D eigenvalue weighted by Gasteiger charge is -2.25. The number of hydrogen-bond donors (Lipinski definition) is 0. The molecule has 1 heteroatoms. The van der Waals surface area contributed by atoms with Crippen molar-refractivity contribution in [2.24, 2.45) is 0 Å². The van der Waals surface area contributed by atoms with E-state index in [1.54, 1.807) is 0 Å². The highest BCUT2D eigenvalue weighted by Crippen LogP contribution is 2.39. The molecule has 1 aliphatic rings. The van der Waals surface area contributed by atoms with Gasteiger partial charge in [0, 0.05) is 17.1 Å². The summed E-state index contributed by atoms with van der Waals surface area (Å²) >= 11 is 0. The molecule has 0 saturated heterocycles. The van der Waals surface area contributed by atoms with Crippen molar-refractivity contribution in [1.29, 1.82) is 0 Å². The van der Waals surface area contributed by atoms with Crippen LogP contribution in [0.3, 0.4) is 0 Å². The lowest BCUT2D eigenvalue weighted by molar-refractivity contribution is 1.26. The number of rotatable bonds is 4. The maximum Gasteiger partial charge on any atom is 0.0462 e. The van der Waals surface area contributed by atoms with Crippen LogP contribution in [0.1, 0.15) is 11.1 Å².